The Morgan fingerprint density at radius 3 is 2.00 bits per heavy atom. The number of hydrogen-bond acceptors (Lipinski definition) is 3. The molecule has 0 saturated carbocycles. The van der Waals surface area contributed by atoms with E-state index in [0.29, 0.717) is 12.0 Å². The quantitative estimate of drug-likeness (QED) is 0.813. The molecule has 2 atom stereocenters. The summed E-state index contributed by atoms with van der Waals surface area (Å²) >= 11 is 0. The zero-order chi connectivity index (χ0) is 15.3. The number of sulfonamides is 1. The van der Waals surface area contributed by atoms with E-state index in [1.807, 2.05) is 12.1 Å². The van der Waals surface area contributed by atoms with Crippen LogP contribution in [0.5, 0.6) is 0 Å². The van der Waals surface area contributed by atoms with Crippen LogP contribution in [0.1, 0.15) is 52.1 Å². The third-order valence-electron chi connectivity index (χ3n) is 3.98. The van der Waals surface area contributed by atoms with Gasteiger partial charge in [-0.2, -0.15) is 0 Å². The van der Waals surface area contributed by atoms with Gasteiger partial charge < -0.3 is 5.32 Å². The van der Waals surface area contributed by atoms with Crippen LogP contribution in [0, 0.1) is 5.92 Å². The maximum absolute atomic E-state index is 11.2. The molecule has 5 heteroatoms. The summed E-state index contributed by atoms with van der Waals surface area (Å²) in [6, 6.07) is 7.36. The number of rotatable bonds is 7. The maximum atomic E-state index is 11.2. The van der Waals surface area contributed by atoms with Crippen molar-refractivity contribution in [3.8, 4) is 0 Å². The lowest BCUT2D eigenvalue weighted by molar-refractivity contribution is 0.330. The van der Waals surface area contributed by atoms with E-state index in [1.54, 1.807) is 12.1 Å². The molecule has 1 aromatic carbocycles. The molecular formula is C15H26N2O2S. The number of hydrogen-bond donors (Lipinski definition) is 2. The Bertz CT molecular complexity index is 507. The Hall–Kier alpha value is -0.910. The minimum absolute atomic E-state index is 0.154. The highest BCUT2D eigenvalue weighted by Crippen LogP contribution is 2.19. The second kappa shape index (κ2) is 7.20. The van der Waals surface area contributed by atoms with Crippen molar-refractivity contribution in [2.45, 2.75) is 57.5 Å². The van der Waals surface area contributed by atoms with Gasteiger partial charge in [0, 0.05) is 12.1 Å². The SMILES string of the molecule is CCC(CC)C(C)NC(C)c1ccc(S(N)(=O)=O)cc1. The van der Waals surface area contributed by atoms with Crippen LogP contribution in [0.4, 0.5) is 0 Å². The second-order valence-corrected chi connectivity index (χ2v) is 6.93. The summed E-state index contributed by atoms with van der Waals surface area (Å²) in [5.41, 5.74) is 1.07. The van der Waals surface area contributed by atoms with Gasteiger partial charge in [0.1, 0.15) is 0 Å². The first-order chi connectivity index (χ1) is 9.29. The molecule has 0 fully saturated rings. The predicted octanol–water partition coefficient (Wildman–Crippen LogP) is 2.81. The van der Waals surface area contributed by atoms with Gasteiger partial charge in [-0.3, -0.25) is 0 Å². The van der Waals surface area contributed by atoms with E-state index in [9.17, 15) is 8.42 Å². The van der Waals surface area contributed by atoms with Crippen LogP contribution >= 0.6 is 0 Å². The molecule has 1 rings (SSSR count). The monoisotopic (exact) mass is 298 g/mol. The van der Waals surface area contributed by atoms with Crippen molar-refractivity contribution in [1.82, 2.24) is 5.32 Å². The van der Waals surface area contributed by atoms with Crippen molar-refractivity contribution in [2.75, 3.05) is 0 Å². The molecule has 0 radical (unpaired) electrons. The van der Waals surface area contributed by atoms with Gasteiger partial charge in [-0.05, 0) is 37.5 Å². The van der Waals surface area contributed by atoms with Crippen LogP contribution in [-0.2, 0) is 10.0 Å². The van der Waals surface area contributed by atoms with Gasteiger partial charge in [-0.25, -0.2) is 13.6 Å². The largest absolute Gasteiger partial charge is 0.307 e. The molecule has 0 aromatic heterocycles. The van der Waals surface area contributed by atoms with Gasteiger partial charge in [0.15, 0.2) is 0 Å². The van der Waals surface area contributed by atoms with Crippen LogP contribution in [-0.4, -0.2) is 14.5 Å². The standard InChI is InChI=1S/C15H26N2O2S/c1-5-13(6-2)11(3)17-12(4)14-7-9-15(10-8-14)20(16,18)19/h7-13,17H,5-6H2,1-4H3,(H2,16,18,19). The molecule has 4 nitrogen and oxygen atoms in total. The van der Waals surface area contributed by atoms with Crippen molar-refractivity contribution in [1.29, 1.82) is 0 Å². The van der Waals surface area contributed by atoms with E-state index >= 15 is 0 Å². The van der Waals surface area contributed by atoms with E-state index in [4.69, 9.17) is 5.14 Å². The molecular weight excluding hydrogens is 272 g/mol. The van der Waals surface area contributed by atoms with E-state index in [-0.39, 0.29) is 10.9 Å². The number of nitrogens with one attached hydrogen (secondary N) is 1. The summed E-state index contributed by atoms with van der Waals surface area (Å²) in [7, 11) is -3.61. The van der Waals surface area contributed by atoms with Crippen LogP contribution in [0.15, 0.2) is 29.2 Å². The van der Waals surface area contributed by atoms with Gasteiger partial charge in [0.25, 0.3) is 0 Å². The lowest BCUT2D eigenvalue weighted by Crippen LogP contribution is -2.35. The third kappa shape index (κ3) is 4.58. The topological polar surface area (TPSA) is 72.2 Å². The molecule has 20 heavy (non-hydrogen) atoms. The van der Waals surface area contributed by atoms with Crippen molar-refractivity contribution < 1.29 is 8.42 Å². The Labute approximate surface area is 122 Å². The minimum atomic E-state index is -3.61. The first kappa shape index (κ1) is 17.1. The predicted molar refractivity (Wildman–Crippen MR) is 82.9 cm³/mol. The fraction of sp³-hybridized carbons (Fsp3) is 0.600. The smallest absolute Gasteiger partial charge is 0.238 e. The zero-order valence-corrected chi connectivity index (χ0v) is 13.6. The molecule has 0 bridgehead atoms. The van der Waals surface area contributed by atoms with E-state index in [1.165, 1.54) is 0 Å². The summed E-state index contributed by atoms with van der Waals surface area (Å²) in [6.07, 6.45) is 2.31. The van der Waals surface area contributed by atoms with Gasteiger partial charge in [-0.15, -0.1) is 0 Å². The number of nitrogens with two attached hydrogens (primary N) is 1. The molecule has 0 aliphatic carbocycles. The van der Waals surface area contributed by atoms with Gasteiger partial charge >= 0.3 is 0 Å². The Kier molecular flexibility index (Phi) is 6.17. The highest BCUT2D eigenvalue weighted by atomic mass is 32.2. The van der Waals surface area contributed by atoms with E-state index < -0.39 is 10.0 Å². The van der Waals surface area contributed by atoms with Crippen LogP contribution in [0.3, 0.4) is 0 Å². The molecule has 0 amide bonds. The van der Waals surface area contributed by atoms with Crippen molar-refractivity contribution in [2.24, 2.45) is 11.1 Å². The zero-order valence-electron chi connectivity index (χ0n) is 12.8. The average molecular weight is 298 g/mol. The van der Waals surface area contributed by atoms with Gasteiger partial charge in [0.2, 0.25) is 10.0 Å². The Balaban J connectivity index is 2.75. The molecule has 114 valence electrons. The summed E-state index contributed by atoms with van der Waals surface area (Å²) in [4.78, 5) is 0.154. The van der Waals surface area contributed by atoms with Gasteiger partial charge in [0.05, 0.1) is 4.90 Å². The minimum Gasteiger partial charge on any atom is -0.307 e. The van der Waals surface area contributed by atoms with E-state index in [2.05, 4.69) is 33.0 Å². The van der Waals surface area contributed by atoms with Crippen molar-refractivity contribution in [3.05, 3.63) is 29.8 Å². The highest BCUT2D eigenvalue weighted by molar-refractivity contribution is 7.89. The van der Waals surface area contributed by atoms with Crippen LogP contribution in [0.25, 0.3) is 0 Å². The summed E-state index contributed by atoms with van der Waals surface area (Å²) in [5.74, 6) is 0.654. The Morgan fingerprint density at radius 2 is 1.60 bits per heavy atom. The lowest BCUT2D eigenvalue weighted by Gasteiger charge is -2.26. The molecule has 3 N–H and O–H groups in total. The third-order valence-corrected chi connectivity index (χ3v) is 4.91. The lowest BCUT2D eigenvalue weighted by atomic mass is 9.94. The molecule has 0 aliphatic heterocycles. The first-order valence-corrected chi connectivity index (χ1v) is 8.73. The van der Waals surface area contributed by atoms with E-state index in [0.717, 1.165) is 18.4 Å². The molecule has 0 aliphatic rings. The maximum Gasteiger partial charge on any atom is 0.238 e. The van der Waals surface area contributed by atoms with Crippen molar-refractivity contribution in [3.63, 3.8) is 0 Å². The number of benzene rings is 1. The summed E-state index contributed by atoms with van der Waals surface area (Å²) < 4.78 is 22.4. The molecule has 0 heterocycles. The summed E-state index contributed by atoms with van der Waals surface area (Å²) in [6.45, 7) is 8.70. The van der Waals surface area contributed by atoms with Crippen molar-refractivity contribution >= 4 is 10.0 Å². The molecule has 0 saturated heterocycles. The average Bonchev–Trinajstić information content (AvgIpc) is 2.39. The summed E-state index contributed by atoms with van der Waals surface area (Å²) in [5, 5.41) is 8.67. The fourth-order valence-corrected chi connectivity index (χ4v) is 3.08. The Morgan fingerprint density at radius 1 is 1.10 bits per heavy atom. The van der Waals surface area contributed by atoms with Crippen LogP contribution < -0.4 is 10.5 Å². The number of primary sulfonamides is 1. The van der Waals surface area contributed by atoms with Gasteiger partial charge in [-0.1, -0.05) is 38.8 Å². The van der Waals surface area contributed by atoms with Crippen LogP contribution in [0.2, 0.25) is 0 Å². The normalized spacial score (nSPS) is 15.3. The first-order valence-electron chi connectivity index (χ1n) is 7.18. The molecule has 1 aromatic rings. The fourth-order valence-electron chi connectivity index (χ4n) is 2.57. The second-order valence-electron chi connectivity index (χ2n) is 5.37. The molecule has 0 spiro atoms. The molecule has 2 unspecified atom stereocenters. The highest BCUT2D eigenvalue weighted by Gasteiger charge is 2.16.